The molecule has 0 spiro atoms. The van der Waals surface area contributed by atoms with Gasteiger partial charge in [-0.1, -0.05) is 60.7 Å². The number of ether oxygens (including phenoxy) is 1. The summed E-state index contributed by atoms with van der Waals surface area (Å²) < 4.78 is 43.0. The third kappa shape index (κ3) is 8.44. The molecule has 9 heteroatoms. The Kier molecular flexibility index (Phi) is 9.98. The summed E-state index contributed by atoms with van der Waals surface area (Å²) in [4.78, 5) is 12.4. The fraction of sp³-hybridized carbons (Fsp3) is 0.296. The second-order valence-electron chi connectivity index (χ2n) is 8.38. The number of amides is 1. The van der Waals surface area contributed by atoms with Crippen LogP contribution in [0, 0.1) is 0 Å². The normalized spacial score (nSPS) is 12.2. The molecule has 0 aromatic heterocycles. The van der Waals surface area contributed by atoms with E-state index in [-0.39, 0.29) is 24.3 Å². The maximum absolute atomic E-state index is 12.5. The minimum atomic E-state index is -3.74. The highest BCUT2D eigenvalue weighted by atomic mass is 32.2. The number of aliphatic hydroxyl groups is 1. The number of aliphatic hydroxyl groups excluding tert-OH is 1. The predicted octanol–water partition coefficient (Wildman–Crippen LogP) is 3.65. The Hall–Kier alpha value is -3.27. The smallest absolute Gasteiger partial charge is 0.268 e. The lowest BCUT2D eigenvalue weighted by Crippen LogP contribution is -2.29. The molecular formula is C27H31FN2O5S. The van der Waals surface area contributed by atoms with Crippen molar-refractivity contribution in [1.82, 2.24) is 10.0 Å². The number of nitrogens with one attached hydrogen (secondary N) is 2. The molecule has 0 saturated carbocycles. The number of benzene rings is 3. The Balaban J connectivity index is 1.63. The fourth-order valence-corrected chi connectivity index (χ4v) is 4.04. The van der Waals surface area contributed by atoms with Crippen molar-refractivity contribution in [2.45, 2.75) is 18.9 Å². The van der Waals surface area contributed by atoms with Crippen LogP contribution in [0.3, 0.4) is 0 Å². The van der Waals surface area contributed by atoms with Crippen molar-refractivity contribution in [3.05, 3.63) is 89.5 Å². The Bertz CT molecular complexity index is 1230. The molecule has 1 amide bonds. The van der Waals surface area contributed by atoms with Crippen LogP contribution in [0.1, 0.15) is 34.0 Å². The van der Waals surface area contributed by atoms with E-state index in [4.69, 9.17) is 4.74 Å². The number of carbonyl (C=O) groups is 1. The van der Waals surface area contributed by atoms with Crippen LogP contribution in [-0.4, -0.2) is 52.1 Å². The minimum Gasteiger partial charge on any atom is -0.493 e. The molecule has 0 aliphatic carbocycles. The van der Waals surface area contributed by atoms with E-state index in [9.17, 15) is 22.7 Å². The van der Waals surface area contributed by atoms with Crippen LogP contribution >= 0.6 is 0 Å². The largest absolute Gasteiger partial charge is 0.493 e. The van der Waals surface area contributed by atoms with E-state index < -0.39 is 28.7 Å². The molecule has 7 nitrogen and oxygen atoms in total. The van der Waals surface area contributed by atoms with Crippen molar-refractivity contribution in [2.75, 3.05) is 32.6 Å². The molecule has 192 valence electrons. The minimum absolute atomic E-state index is 0.0587. The van der Waals surface area contributed by atoms with E-state index in [1.165, 1.54) is 6.07 Å². The molecule has 0 radical (unpaired) electrons. The zero-order chi connectivity index (χ0) is 26.0. The molecule has 36 heavy (non-hydrogen) atoms. The van der Waals surface area contributed by atoms with Crippen LogP contribution in [0.2, 0.25) is 0 Å². The van der Waals surface area contributed by atoms with Gasteiger partial charge < -0.3 is 15.2 Å². The zero-order valence-corrected chi connectivity index (χ0v) is 20.9. The van der Waals surface area contributed by atoms with E-state index in [2.05, 4.69) is 5.32 Å². The average molecular weight is 515 g/mol. The maximum atomic E-state index is 12.5. The first kappa shape index (κ1) is 27.3. The molecule has 3 aromatic rings. The van der Waals surface area contributed by atoms with E-state index in [0.29, 0.717) is 13.1 Å². The standard InChI is InChI=1S/C27H31FN2O5S/c1-36(33,34)30-27(32)24-13-12-23(18-26(24)35-17-5-15-28)21-10-8-20(9-11-21)14-16-29-19-25(31)22-6-3-2-4-7-22/h2-4,6-13,18,25,29,31H,5,14-17,19H2,1H3,(H,30,32)/t25-/m1/s1. The first-order chi connectivity index (χ1) is 17.3. The number of hydrogen-bond donors (Lipinski definition) is 3. The molecule has 0 fully saturated rings. The first-order valence-corrected chi connectivity index (χ1v) is 13.5. The third-order valence-corrected chi connectivity index (χ3v) is 6.00. The van der Waals surface area contributed by atoms with Gasteiger partial charge in [0, 0.05) is 13.0 Å². The lowest BCUT2D eigenvalue weighted by atomic mass is 10.0. The molecular weight excluding hydrogens is 483 g/mol. The predicted molar refractivity (Wildman–Crippen MR) is 138 cm³/mol. The SMILES string of the molecule is CS(=O)(=O)NC(=O)c1ccc(-c2ccc(CCNC[C@@H](O)c3ccccc3)cc2)cc1OCCCF. The summed E-state index contributed by atoms with van der Waals surface area (Å²) >= 11 is 0. The van der Waals surface area contributed by atoms with Crippen LogP contribution < -0.4 is 14.8 Å². The fourth-order valence-electron chi connectivity index (χ4n) is 3.60. The molecule has 0 heterocycles. The summed E-state index contributed by atoms with van der Waals surface area (Å²) in [5, 5.41) is 13.5. The van der Waals surface area contributed by atoms with E-state index >= 15 is 0 Å². The Morgan fingerprint density at radius 2 is 1.72 bits per heavy atom. The monoisotopic (exact) mass is 514 g/mol. The van der Waals surface area contributed by atoms with Crippen molar-refractivity contribution in [2.24, 2.45) is 0 Å². The third-order valence-electron chi connectivity index (χ3n) is 5.44. The molecule has 0 unspecified atom stereocenters. The van der Waals surface area contributed by atoms with Crippen molar-refractivity contribution < 1.29 is 27.4 Å². The second-order valence-corrected chi connectivity index (χ2v) is 10.1. The van der Waals surface area contributed by atoms with E-state index in [1.807, 2.05) is 59.3 Å². The van der Waals surface area contributed by atoms with Crippen molar-refractivity contribution in [3.63, 3.8) is 0 Å². The summed E-state index contributed by atoms with van der Waals surface area (Å²) in [5.74, 6) is -0.619. The second kappa shape index (κ2) is 13.2. The van der Waals surface area contributed by atoms with Crippen molar-refractivity contribution in [1.29, 1.82) is 0 Å². The molecule has 3 N–H and O–H groups in total. The van der Waals surface area contributed by atoms with Crippen LogP contribution in [0.5, 0.6) is 5.75 Å². The van der Waals surface area contributed by atoms with E-state index in [0.717, 1.165) is 34.9 Å². The zero-order valence-electron chi connectivity index (χ0n) is 20.1. The van der Waals surface area contributed by atoms with Gasteiger partial charge in [-0.25, -0.2) is 13.1 Å². The molecule has 0 bridgehead atoms. The van der Waals surface area contributed by atoms with Gasteiger partial charge in [0.1, 0.15) is 5.75 Å². The van der Waals surface area contributed by atoms with Crippen molar-refractivity contribution in [3.8, 4) is 16.9 Å². The summed E-state index contributed by atoms with van der Waals surface area (Å²) in [6.45, 7) is 0.669. The van der Waals surface area contributed by atoms with Gasteiger partial charge in [-0.05, 0) is 47.4 Å². The van der Waals surface area contributed by atoms with Crippen LogP contribution in [0.25, 0.3) is 11.1 Å². The number of sulfonamides is 1. The van der Waals surface area contributed by atoms with Gasteiger partial charge in [-0.15, -0.1) is 0 Å². The molecule has 0 saturated heterocycles. The van der Waals surface area contributed by atoms with E-state index in [1.54, 1.807) is 12.1 Å². The number of halogens is 1. The van der Waals surface area contributed by atoms with Gasteiger partial charge in [0.05, 0.1) is 31.2 Å². The Labute approximate surface area is 211 Å². The summed E-state index contributed by atoms with van der Waals surface area (Å²) in [7, 11) is -3.74. The van der Waals surface area contributed by atoms with Gasteiger partial charge in [-0.3, -0.25) is 9.18 Å². The molecule has 0 aliphatic rings. The highest BCUT2D eigenvalue weighted by molar-refractivity contribution is 7.89. The van der Waals surface area contributed by atoms with Gasteiger partial charge in [0.15, 0.2) is 0 Å². The molecule has 1 atom stereocenters. The number of alkyl halides is 1. The summed E-state index contributed by atoms with van der Waals surface area (Å²) in [6, 6.07) is 22.3. The number of rotatable bonds is 13. The van der Waals surface area contributed by atoms with Gasteiger partial charge in [0.25, 0.3) is 5.91 Å². The Morgan fingerprint density at radius 1 is 1.03 bits per heavy atom. The highest BCUT2D eigenvalue weighted by Gasteiger charge is 2.17. The lowest BCUT2D eigenvalue weighted by molar-refractivity contribution is 0.0977. The quantitative estimate of drug-likeness (QED) is 0.301. The number of carbonyl (C=O) groups excluding carboxylic acids is 1. The van der Waals surface area contributed by atoms with Crippen LogP contribution in [0.15, 0.2) is 72.8 Å². The summed E-state index contributed by atoms with van der Waals surface area (Å²) in [5.41, 5.74) is 3.71. The maximum Gasteiger partial charge on any atom is 0.268 e. The molecule has 3 aromatic carbocycles. The van der Waals surface area contributed by atoms with Gasteiger partial charge >= 0.3 is 0 Å². The Morgan fingerprint density at radius 3 is 2.39 bits per heavy atom. The van der Waals surface area contributed by atoms with Crippen molar-refractivity contribution >= 4 is 15.9 Å². The van der Waals surface area contributed by atoms with Crippen LogP contribution in [-0.2, 0) is 16.4 Å². The number of hydrogen-bond acceptors (Lipinski definition) is 6. The molecule has 0 aliphatic heterocycles. The average Bonchev–Trinajstić information content (AvgIpc) is 2.86. The van der Waals surface area contributed by atoms with Gasteiger partial charge in [0.2, 0.25) is 10.0 Å². The highest BCUT2D eigenvalue weighted by Crippen LogP contribution is 2.28. The molecule has 3 rings (SSSR count). The topological polar surface area (TPSA) is 105 Å². The first-order valence-electron chi connectivity index (χ1n) is 11.6. The lowest BCUT2D eigenvalue weighted by Gasteiger charge is -2.14. The van der Waals surface area contributed by atoms with Crippen LogP contribution in [0.4, 0.5) is 4.39 Å². The summed E-state index contributed by atoms with van der Waals surface area (Å²) in [6.07, 6.45) is 1.27. The van der Waals surface area contributed by atoms with Gasteiger partial charge in [-0.2, -0.15) is 0 Å².